The van der Waals surface area contributed by atoms with Crippen molar-refractivity contribution in [2.24, 2.45) is 0 Å². The van der Waals surface area contributed by atoms with E-state index in [1.807, 2.05) is 0 Å². The lowest BCUT2D eigenvalue weighted by Gasteiger charge is -2.31. The predicted molar refractivity (Wildman–Crippen MR) is 126 cm³/mol. The van der Waals surface area contributed by atoms with Crippen molar-refractivity contribution < 1.29 is 22.7 Å². The van der Waals surface area contributed by atoms with Crippen LogP contribution >= 0.6 is 23.2 Å². The highest BCUT2D eigenvalue weighted by Crippen LogP contribution is 2.30. The zero-order chi connectivity index (χ0) is 24.1. The third-order valence-electron chi connectivity index (χ3n) is 4.78. The van der Waals surface area contributed by atoms with Gasteiger partial charge in [0.15, 0.2) is 0 Å². The number of methoxy groups -OCH3 is 1. The normalized spacial score (nSPS) is 12.1. The van der Waals surface area contributed by atoms with Crippen LogP contribution in [0.2, 0.25) is 10.0 Å². The molecule has 0 aliphatic rings. The van der Waals surface area contributed by atoms with Crippen LogP contribution in [0.15, 0.2) is 42.5 Å². The SMILES string of the molecule is CNC(=O)[C@@H](C)N(Cc1ccc(Cl)cc1)C(=O)CN(c1ccc(OC)c(Cl)c1)S(C)(=O)=O. The summed E-state index contributed by atoms with van der Waals surface area (Å²) in [5, 5.41) is 3.24. The summed E-state index contributed by atoms with van der Waals surface area (Å²) < 4.78 is 31.0. The Kier molecular flexibility index (Phi) is 8.77. The van der Waals surface area contributed by atoms with Gasteiger partial charge >= 0.3 is 0 Å². The number of rotatable bonds is 9. The molecule has 0 aliphatic carbocycles. The molecule has 1 atom stereocenters. The number of carbonyl (C=O) groups is 2. The van der Waals surface area contributed by atoms with E-state index >= 15 is 0 Å². The third kappa shape index (κ3) is 6.51. The number of amides is 2. The van der Waals surface area contributed by atoms with Gasteiger partial charge in [-0.15, -0.1) is 0 Å². The Morgan fingerprint density at radius 2 is 1.75 bits per heavy atom. The van der Waals surface area contributed by atoms with Crippen LogP contribution in [0.25, 0.3) is 0 Å². The first-order chi connectivity index (χ1) is 15.0. The quantitative estimate of drug-likeness (QED) is 0.569. The second-order valence-electron chi connectivity index (χ2n) is 7.03. The molecule has 0 saturated heterocycles. The van der Waals surface area contributed by atoms with Gasteiger partial charge in [0.05, 0.1) is 24.1 Å². The van der Waals surface area contributed by atoms with Gasteiger partial charge in [-0.05, 0) is 42.8 Å². The van der Waals surface area contributed by atoms with Gasteiger partial charge in [-0.1, -0.05) is 35.3 Å². The number of nitrogens with zero attached hydrogens (tertiary/aromatic N) is 2. The van der Waals surface area contributed by atoms with E-state index in [0.717, 1.165) is 16.1 Å². The Balaban J connectivity index is 2.39. The molecule has 0 bridgehead atoms. The molecule has 2 amide bonds. The minimum atomic E-state index is -3.84. The Morgan fingerprint density at radius 1 is 1.12 bits per heavy atom. The standard InChI is InChI=1S/C21H25Cl2N3O5S/c1-14(21(28)24-2)25(12-15-5-7-16(22)8-6-15)20(27)13-26(32(4,29)30)17-9-10-19(31-3)18(23)11-17/h5-11,14H,12-13H2,1-4H3,(H,24,28)/t14-/m1/s1. The van der Waals surface area contributed by atoms with Crippen LogP contribution in [0.1, 0.15) is 12.5 Å². The van der Waals surface area contributed by atoms with E-state index in [2.05, 4.69) is 5.32 Å². The molecule has 0 spiro atoms. The van der Waals surface area contributed by atoms with Crippen LogP contribution in [0, 0.1) is 0 Å². The number of sulfonamides is 1. The van der Waals surface area contributed by atoms with Gasteiger partial charge in [-0.2, -0.15) is 0 Å². The number of nitrogens with one attached hydrogen (secondary N) is 1. The minimum Gasteiger partial charge on any atom is -0.495 e. The Bertz CT molecular complexity index is 1080. The largest absolute Gasteiger partial charge is 0.495 e. The van der Waals surface area contributed by atoms with Gasteiger partial charge in [-0.25, -0.2) is 8.42 Å². The van der Waals surface area contributed by atoms with Gasteiger partial charge in [0.2, 0.25) is 21.8 Å². The molecule has 0 saturated carbocycles. The van der Waals surface area contributed by atoms with E-state index in [1.165, 1.54) is 37.3 Å². The molecule has 1 N–H and O–H groups in total. The molecule has 2 aromatic carbocycles. The zero-order valence-corrected chi connectivity index (χ0v) is 20.5. The van der Waals surface area contributed by atoms with Crippen molar-refractivity contribution in [2.75, 3.05) is 31.3 Å². The maximum Gasteiger partial charge on any atom is 0.244 e. The first-order valence-corrected chi connectivity index (χ1v) is 12.1. The summed E-state index contributed by atoms with van der Waals surface area (Å²) in [6.07, 6.45) is 0.990. The van der Waals surface area contributed by atoms with Crippen molar-refractivity contribution in [2.45, 2.75) is 19.5 Å². The van der Waals surface area contributed by atoms with Crippen molar-refractivity contribution in [3.8, 4) is 5.75 Å². The molecule has 2 aromatic rings. The van der Waals surface area contributed by atoms with E-state index in [-0.39, 0.29) is 23.2 Å². The summed E-state index contributed by atoms with van der Waals surface area (Å²) in [6.45, 7) is 1.14. The van der Waals surface area contributed by atoms with Crippen LogP contribution in [-0.4, -0.2) is 58.1 Å². The molecule has 0 radical (unpaired) electrons. The Labute approximate surface area is 198 Å². The topological polar surface area (TPSA) is 96.0 Å². The summed E-state index contributed by atoms with van der Waals surface area (Å²) >= 11 is 12.1. The van der Waals surface area contributed by atoms with Crippen molar-refractivity contribution in [3.63, 3.8) is 0 Å². The van der Waals surface area contributed by atoms with Gasteiger partial charge < -0.3 is 15.0 Å². The van der Waals surface area contributed by atoms with Crippen LogP contribution in [0.4, 0.5) is 5.69 Å². The molecular weight excluding hydrogens is 477 g/mol. The zero-order valence-electron chi connectivity index (χ0n) is 18.1. The summed E-state index contributed by atoms with van der Waals surface area (Å²) in [5.41, 5.74) is 0.933. The molecule has 0 heterocycles. The van der Waals surface area contributed by atoms with Gasteiger partial charge in [0, 0.05) is 18.6 Å². The van der Waals surface area contributed by atoms with Gasteiger partial charge in [0.1, 0.15) is 18.3 Å². The lowest BCUT2D eigenvalue weighted by Crippen LogP contribution is -2.50. The number of benzene rings is 2. The molecule has 8 nitrogen and oxygen atoms in total. The van der Waals surface area contributed by atoms with Crippen LogP contribution in [0.5, 0.6) is 5.75 Å². The predicted octanol–water partition coefficient (Wildman–Crippen LogP) is 2.93. The smallest absolute Gasteiger partial charge is 0.244 e. The number of ether oxygens (including phenoxy) is 1. The van der Waals surface area contributed by atoms with E-state index in [1.54, 1.807) is 31.2 Å². The van der Waals surface area contributed by atoms with Crippen LogP contribution in [-0.2, 0) is 26.2 Å². The number of likely N-dealkylation sites (N-methyl/N-ethyl adjacent to an activating group) is 1. The molecule has 0 aromatic heterocycles. The van der Waals surface area contributed by atoms with E-state index in [4.69, 9.17) is 27.9 Å². The first kappa shape index (κ1) is 25.8. The number of halogens is 2. The van der Waals surface area contributed by atoms with E-state index < -0.39 is 28.5 Å². The fraction of sp³-hybridized carbons (Fsp3) is 0.333. The van der Waals surface area contributed by atoms with Crippen molar-refractivity contribution in [1.29, 1.82) is 0 Å². The average molecular weight is 502 g/mol. The van der Waals surface area contributed by atoms with Gasteiger partial charge in [-0.3, -0.25) is 13.9 Å². The molecule has 32 heavy (non-hydrogen) atoms. The monoisotopic (exact) mass is 501 g/mol. The fourth-order valence-corrected chi connectivity index (χ4v) is 4.22. The maximum atomic E-state index is 13.3. The number of hydrogen-bond donors (Lipinski definition) is 1. The first-order valence-electron chi connectivity index (χ1n) is 9.54. The minimum absolute atomic E-state index is 0.0888. The summed E-state index contributed by atoms with van der Waals surface area (Å²) in [5.74, 6) is -0.577. The molecular formula is C21H25Cl2N3O5S. The number of anilines is 1. The van der Waals surface area contributed by atoms with Crippen molar-refractivity contribution in [3.05, 3.63) is 58.1 Å². The summed E-state index contributed by atoms with van der Waals surface area (Å²) in [7, 11) is -0.942. The van der Waals surface area contributed by atoms with Crippen LogP contribution in [0.3, 0.4) is 0 Å². The van der Waals surface area contributed by atoms with Crippen LogP contribution < -0.4 is 14.4 Å². The molecule has 174 valence electrons. The van der Waals surface area contributed by atoms with Gasteiger partial charge in [0.25, 0.3) is 0 Å². The van der Waals surface area contributed by atoms with E-state index in [9.17, 15) is 18.0 Å². The Morgan fingerprint density at radius 3 is 2.25 bits per heavy atom. The highest BCUT2D eigenvalue weighted by Gasteiger charge is 2.30. The highest BCUT2D eigenvalue weighted by molar-refractivity contribution is 7.92. The highest BCUT2D eigenvalue weighted by atomic mass is 35.5. The van der Waals surface area contributed by atoms with E-state index in [0.29, 0.717) is 10.8 Å². The van der Waals surface area contributed by atoms with Crippen molar-refractivity contribution in [1.82, 2.24) is 10.2 Å². The third-order valence-corrected chi connectivity index (χ3v) is 6.47. The maximum absolute atomic E-state index is 13.3. The number of carbonyl (C=O) groups excluding carboxylic acids is 2. The fourth-order valence-electron chi connectivity index (χ4n) is 3.00. The second-order valence-corrected chi connectivity index (χ2v) is 9.78. The number of hydrogen-bond acceptors (Lipinski definition) is 5. The molecule has 2 rings (SSSR count). The molecule has 0 aliphatic heterocycles. The molecule has 0 unspecified atom stereocenters. The molecule has 0 fully saturated rings. The summed E-state index contributed by atoms with van der Waals surface area (Å²) in [4.78, 5) is 26.9. The second kappa shape index (κ2) is 10.9. The van der Waals surface area contributed by atoms with Crippen molar-refractivity contribution >= 4 is 50.7 Å². The lowest BCUT2D eigenvalue weighted by atomic mass is 10.1. The molecule has 11 heteroatoms. The Hall–Kier alpha value is -2.49. The average Bonchev–Trinajstić information content (AvgIpc) is 2.75. The lowest BCUT2D eigenvalue weighted by molar-refractivity contribution is -0.139. The summed E-state index contributed by atoms with van der Waals surface area (Å²) in [6, 6.07) is 10.4.